The second kappa shape index (κ2) is 6.17. The van der Waals surface area contributed by atoms with E-state index in [0.29, 0.717) is 33.4 Å². The number of fused-ring (bicyclic) bond motifs is 1. The fraction of sp³-hybridized carbons (Fsp3) is 0.500. The number of amides is 1. The first-order chi connectivity index (χ1) is 9.58. The molecular formula is C14H20N4OS. The summed E-state index contributed by atoms with van der Waals surface area (Å²) < 4.78 is 0. The van der Waals surface area contributed by atoms with Gasteiger partial charge < -0.3 is 10.6 Å². The summed E-state index contributed by atoms with van der Waals surface area (Å²) in [6.07, 6.45) is 4.26. The zero-order valence-corrected chi connectivity index (χ0v) is 12.9. The SMILES string of the molecule is CCC(C)CN(CC)C(=O)c1sc2nccnc2c1N. The lowest BCUT2D eigenvalue weighted by Gasteiger charge is -2.23. The third-order valence-electron chi connectivity index (χ3n) is 3.46. The molecule has 0 radical (unpaired) electrons. The van der Waals surface area contributed by atoms with Crippen molar-refractivity contribution >= 4 is 33.3 Å². The van der Waals surface area contributed by atoms with Crippen LogP contribution in [0, 0.1) is 5.92 Å². The number of anilines is 1. The van der Waals surface area contributed by atoms with Gasteiger partial charge in [0.1, 0.15) is 15.2 Å². The molecule has 0 saturated heterocycles. The molecule has 2 aromatic heterocycles. The summed E-state index contributed by atoms with van der Waals surface area (Å²) in [4.78, 5) is 24.1. The van der Waals surface area contributed by atoms with Crippen molar-refractivity contribution in [3.63, 3.8) is 0 Å². The number of nitrogen functional groups attached to an aromatic ring is 1. The van der Waals surface area contributed by atoms with Crippen LogP contribution < -0.4 is 5.73 Å². The van der Waals surface area contributed by atoms with E-state index in [-0.39, 0.29) is 5.91 Å². The number of carbonyl (C=O) groups excluding carboxylic acids is 1. The van der Waals surface area contributed by atoms with Crippen molar-refractivity contribution in [2.24, 2.45) is 5.92 Å². The van der Waals surface area contributed by atoms with Crippen LogP contribution in [0.4, 0.5) is 5.69 Å². The first-order valence-corrected chi connectivity index (χ1v) is 7.68. The Morgan fingerprint density at radius 3 is 2.70 bits per heavy atom. The van der Waals surface area contributed by atoms with Gasteiger partial charge >= 0.3 is 0 Å². The number of nitrogens with two attached hydrogens (primary N) is 1. The van der Waals surface area contributed by atoms with E-state index in [1.165, 1.54) is 11.3 Å². The van der Waals surface area contributed by atoms with Crippen molar-refractivity contribution in [1.82, 2.24) is 14.9 Å². The molecule has 0 fully saturated rings. The van der Waals surface area contributed by atoms with Crippen LogP contribution in [0.5, 0.6) is 0 Å². The zero-order valence-electron chi connectivity index (χ0n) is 12.1. The molecule has 2 aromatic rings. The Morgan fingerprint density at radius 2 is 2.10 bits per heavy atom. The summed E-state index contributed by atoms with van der Waals surface area (Å²) in [5.41, 5.74) is 7.13. The van der Waals surface area contributed by atoms with Gasteiger partial charge in [0.15, 0.2) is 0 Å². The van der Waals surface area contributed by atoms with Gasteiger partial charge in [-0.2, -0.15) is 0 Å². The Bertz CT molecular complexity index is 610. The number of aromatic nitrogens is 2. The molecule has 1 amide bonds. The predicted octanol–water partition coefficient (Wildman–Crippen LogP) is 2.78. The van der Waals surface area contributed by atoms with Gasteiger partial charge in [0.05, 0.1) is 5.69 Å². The molecule has 5 nitrogen and oxygen atoms in total. The topological polar surface area (TPSA) is 72.1 Å². The molecule has 0 spiro atoms. The maximum absolute atomic E-state index is 12.6. The number of thiophene rings is 1. The lowest BCUT2D eigenvalue weighted by atomic mass is 10.1. The van der Waals surface area contributed by atoms with Crippen LogP contribution in [0.1, 0.15) is 36.9 Å². The smallest absolute Gasteiger partial charge is 0.266 e. The molecule has 0 saturated carbocycles. The molecule has 0 aliphatic carbocycles. The van der Waals surface area contributed by atoms with Gasteiger partial charge in [-0.3, -0.25) is 4.79 Å². The summed E-state index contributed by atoms with van der Waals surface area (Å²) in [6.45, 7) is 7.69. The van der Waals surface area contributed by atoms with E-state index >= 15 is 0 Å². The van der Waals surface area contributed by atoms with Crippen LogP contribution in [-0.2, 0) is 0 Å². The molecule has 108 valence electrons. The van der Waals surface area contributed by atoms with Crippen molar-refractivity contribution in [3.8, 4) is 0 Å². The third-order valence-corrected chi connectivity index (χ3v) is 4.55. The van der Waals surface area contributed by atoms with E-state index in [9.17, 15) is 4.79 Å². The van der Waals surface area contributed by atoms with E-state index in [1.54, 1.807) is 12.4 Å². The molecular weight excluding hydrogens is 272 g/mol. The van der Waals surface area contributed by atoms with Crippen LogP contribution in [0.15, 0.2) is 12.4 Å². The molecule has 0 aromatic carbocycles. The molecule has 2 N–H and O–H groups in total. The number of hydrogen-bond acceptors (Lipinski definition) is 5. The maximum Gasteiger partial charge on any atom is 0.266 e. The molecule has 2 heterocycles. The average molecular weight is 292 g/mol. The molecule has 0 bridgehead atoms. The van der Waals surface area contributed by atoms with Crippen molar-refractivity contribution in [2.45, 2.75) is 27.2 Å². The number of rotatable bonds is 5. The molecule has 1 unspecified atom stereocenters. The molecule has 0 aliphatic rings. The van der Waals surface area contributed by atoms with Gasteiger partial charge in [-0.25, -0.2) is 9.97 Å². The van der Waals surface area contributed by atoms with E-state index in [0.717, 1.165) is 13.0 Å². The highest BCUT2D eigenvalue weighted by atomic mass is 32.1. The summed E-state index contributed by atoms with van der Waals surface area (Å²) in [6, 6.07) is 0. The lowest BCUT2D eigenvalue weighted by Crippen LogP contribution is -2.34. The third kappa shape index (κ3) is 2.75. The van der Waals surface area contributed by atoms with Crippen LogP contribution in [0.25, 0.3) is 10.3 Å². The van der Waals surface area contributed by atoms with E-state index in [4.69, 9.17) is 5.73 Å². The Kier molecular flexibility index (Phi) is 4.54. The number of carbonyl (C=O) groups is 1. The first kappa shape index (κ1) is 14.7. The van der Waals surface area contributed by atoms with Crippen LogP contribution >= 0.6 is 11.3 Å². The highest BCUT2D eigenvalue weighted by Gasteiger charge is 2.23. The first-order valence-electron chi connectivity index (χ1n) is 6.86. The maximum atomic E-state index is 12.6. The van der Waals surface area contributed by atoms with Gasteiger partial charge in [0, 0.05) is 25.5 Å². The van der Waals surface area contributed by atoms with Gasteiger partial charge in [-0.05, 0) is 12.8 Å². The molecule has 0 aliphatic heterocycles. The summed E-state index contributed by atoms with van der Waals surface area (Å²) >= 11 is 1.32. The minimum absolute atomic E-state index is 0.0184. The fourth-order valence-electron chi connectivity index (χ4n) is 2.01. The van der Waals surface area contributed by atoms with Gasteiger partial charge in [-0.1, -0.05) is 20.3 Å². The van der Waals surface area contributed by atoms with Crippen LogP contribution in [0.2, 0.25) is 0 Å². The van der Waals surface area contributed by atoms with Crippen molar-refractivity contribution in [1.29, 1.82) is 0 Å². The van der Waals surface area contributed by atoms with Crippen LogP contribution in [-0.4, -0.2) is 33.9 Å². The van der Waals surface area contributed by atoms with Crippen molar-refractivity contribution < 1.29 is 4.79 Å². The molecule has 20 heavy (non-hydrogen) atoms. The molecule has 2 rings (SSSR count). The Hall–Kier alpha value is -1.69. The summed E-state index contributed by atoms with van der Waals surface area (Å²) in [5, 5.41) is 0. The largest absolute Gasteiger partial charge is 0.396 e. The molecule has 6 heteroatoms. The fourth-order valence-corrected chi connectivity index (χ4v) is 3.00. The quantitative estimate of drug-likeness (QED) is 0.919. The van der Waals surface area contributed by atoms with E-state index in [2.05, 4.69) is 23.8 Å². The van der Waals surface area contributed by atoms with E-state index < -0.39 is 0 Å². The summed E-state index contributed by atoms with van der Waals surface area (Å²) in [7, 11) is 0. The van der Waals surface area contributed by atoms with Gasteiger partial charge in [0.2, 0.25) is 0 Å². The minimum Gasteiger partial charge on any atom is -0.396 e. The Labute approximate surface area is 122 Å². The normalized spacial score (nSPS) is 12.6. The number of nitrogens with zero attached hydrogens (tertiary/aromatic N) is 3. The standard InChI is InChI=1S/C14H20N4OS/c1-4-9(3)8-18(5-2)14(19)12-10(15)11-13(20-12)17-7-6-16-11/h6-7,9H,4-5,8,15H2,1-3H3. The van der Waals surface area contributed by atoms with E-state index in [1.807, 2.05) is 11.8 Å². The zero-order chi connectivity index (χ0) is 14.7. The van der Waals surface area contributed by atoms with Crippen molar-refractivity contribution in [2.75, 3.05) is 18.8 Å². The Balaban J connectivity index is 2.32. The number of hydrogen-bond donors (Lipinski definition) is 1. The second-order valence-electron chi connectivity index (χ2n) is 4.91. The molecule has 1 atom stereocenters. The van der Waals surface area contributed by atoms with Gasteiger partial charge in [-0.15, -0.1) is 11.3 Å². The second-order valence-corrected chi connectivity index (χ2v) is 5.91. The van der Waals surface area contributed by atoms with Gasteiger partial charge in [0.25, 0.3) is 5.91 Å². The highest BCUT2D eigenvalue weighted by Crippen LogP contribution is 2.31. The summed E-state index contributed by atoms with van der Waals surface area (Å²) in [5.74, 6) is 0.459. The van der Waals surface area contributed by atoms with Crippen molar-refractivity contribution in [3.05, 3.63) is 17.3 Å². The highest BCUT2D eigenvalue weighted by molar-refractivity contribution is 7.21. The average Bonchev–Trinajstić information content (AvgIpc) is 2.81. The lowest BCUT2D eigenvalue weighted by molar-refractivity contribution is 0.0746. The minimum atomic E-state index is -0.0184. The van der Waals surface area contributed by atoms with Crippen LogP contribution in [0.3, 0.4) is 0 Å². The predicted molar refractivity (Wildman–Crippen MR) is 82.9 cm³/mol. The monoisotopic (exact) mass is 292 g/mol. The Morgan fingerprint density at radius 1 is 1.40 bits per heavy atom.